The second kappa shape index (κ2) is 5.36. The van der Waals surface area contributed by atoms with Gasteiger partial charge in [-0.3, -0.25) is 19.6 Å². The zero-order valence-electron chi connectivity index (χ0n) is 12.8. The fraction of sp³-hybridized carbons (Fsp3) is 0.375. The molecule has 0 aliphatic carbocycles. The number of rotatable bonds is 4. The highest BCUT2D eigenvalue weighted by atomic mass is 16.2. The van der Waals surface area contributed by atoms with E-state index in [0.717, 1.165) is 6.42 Å². The maximum Gasteiger partial charge on any atom is 0.262 e. The molecular weight excluding hydrogens is 280 g/mol. The maximum atomic E-state index is 12.5. The molecule has 6 nitrogen and oxygen atoms in total. The smallest absolute Gasteiger partial charge is 0.262 e. The molecule has 3 rings (SSSR count). The van der Waals surface area contributed by atoms with Crippen molar-refractivity contribution >= 4 is 11.8 Å². The van der Waals surface area contributed by atoms with Crippen molar-refractivity contribution in [3.8, 4) is 0 Å². The molecular formula is C16H18N4O2. The number of H-pyrrole nitrogens is 1. The summed E-state index contributed by atoms with van der Waals surface area (Å²) in [5.41, 5.74) is 0.891. The lowest BCUT2D eigenvalue weighted by molar-refractivity contribution is 0.0589. The zero-order valence-corrected chi connectivity index (χ0v) is 12.8. The van der Waals surface area contributed by atoms with Crippen LogP contribution in [0, 0.1) is 0 Å². The molecule has 0 fully saturated rings. The molecule has 1 aromatic carbocycles. The van der Waals surface area contributed by atoms with Gasteiger partial charge in [-0.1, -0.05) is 26.0 Å². The minimum absolute atomic E-state index is 0.236. The molecule has 0 spiro atoms. The van der Waals surface area contributed by atoms with Crippen molar-refractivity contribution in [1.82, 2.24) is 20.1 Å². The number of fused-ring (bicyclic) bond motifs is 1. The third-order valence-corrected chi connectivity index (χ3v) is 4.18. The summed E-state index contributed by atoms with van der Waals surface area (Å²) in [4.78, 5) is 30.6. The van der Waals surface area contributed by atoms with E-state index in [2.05, 4.69) is 22.1 Å². The van der Waals surface area contributed by atoms with Gasteiger partial charge < -0.3 is 0 Å². The second-order valence-corrected chi connectivity index (χ2v) is 5.59. The summed E-state index contributed by atoms with van der Waals surface area (Å²) in [6.45, 7) is 5.89. The summed E-state index contributed by atoms with van der Waals surface area (Å²) < 4.78 is 0. The Balaban J connectivity index is 1.90. The lowest BCUT2D eigenvalue weighted by Crippen LogP contribution is -2.33. The molecule has 0 radical (unpaired) electrons. The minimum atomic E-state index is -0.474. The average molecular weight is 298 g/mol. The number of amides is 2. The van der Waals surface area contributed by atoms with Crippen LogP contribution in [-0.4, -0.2) is 31.9 Å². The molecule has 2 unspecified atom stereocenters. The molecule has 1 N–H and O–H groups in total. The van der Waals surface area contributed by atoms with E-state index in [-0.39, 0.29) is 17.7 Å². The molecule has 2 amide bonds. The van der Waals surface area contributed by atoms with Gasteiger partial charge in [-0.2, -0.15) is 5.10 Å². The number of aromatic amines is 1. The van der Waals surface area contributed by atoms with Crippen LogP contribution in [-0.2, 0) is 0 Å². The normalized spacial score (nSPS) is 16.8. The van der Waals surface area contributed by atoms with Crippen molar-refractivity contribution < 1.29 is 9.59 Å². The number of aromatic nitrogens is 3. The van der Waals surface area contributed by atoms with Gasteiger partial charge in [0.1, 0.15) is 5.82 Å². The molecule has 0 saturated heterocycles. The van der Waals surface area contributed by atoms with Crippen LogP contribution in [0.3, 0.4) is 0 Å². The molecule has 2 aromatic rings. The predicted molar refractivity (Wildman–Crippen MR) is 80.4 cm³/mol. The van der Waals surface area contributed by atoms with Crippen molar-refractivity contribution in [3.05, 3.63) is 47.0 Å². The molecule has 1 aliphatic rings. The van der Waals surface area contributed by atoms with Crippen molar-refractivity contribution in [2.45, 2.75) is 39.2 Å². The fourth-order valence-corrected chi connectivity index (χ4v) is 2.56. The molecule has 0 bridgehead atoms. The highest BCUT2D eigenvalue weighted by molar-refractivity contribution is 6.21. The standard InChI is InChI=1S/C16H18N4O2/c1-4-9(2)13-17-14(19-18-13)10(3)20-15(21)11-7-5-6-8-12(11)16(20)22/h5-10H,4H2,1-3H3,(H,17,18,19). The van der Waals surface area contributed by atoms with E-state index in [1.807, 2.05) is 6.92 Å². The van der Waals surface area contributed by atoms with Gasteiger partial charge in [0.05, 0.1) is 17.2 Å². The number of nitrogens with one attached hydrogen (secondary N) is 1. The third-order valence-electron chi connectivity index (χ3n) is 4.18. The minimum Gasteiger partial charge on any atom is -0.269 e. The van der Waals surface area contributed by atoms with Gasteiger partial charge in [0.15, 0.2) is 5.82 Å². The predicted octanol–water partition coefficient (Wildman–Crippen LogP) is 2.68. The second-order valence-electron chi connectivity index (χ2n) is 5.59. The quantitative estimate of drug-likeness (QED) is 0.880. The van der Waals surface area contributed by atoms with Crippen molar-refractivity contribution in [2.24, 2.45) is 0 Å². The Bertz CT molecular complexity index is 702. The van der Waals surface area contributed by atoms with Crippen molar-refractivity contribution in [1.29, 1.82) is 0 Å². The van der Waals surface area contributed by atoms with E-state index in [4.69, 9.17) is 0 Å². The first kappa shape index (κ1) is 14.4. The molecule has 2 heterocycles. The van der Waals surface area contributed by atoms with Gasteiger partial charge in [-0.25, -0.2) is 4.98 Å². The molecule has 0 saturated carbocycles. The number of nitrogens with zero attached hydrogens (tertiary/aromatic N) is 3. The monoisotopic (exact) mass is 298 g/mol. The van der Waals surface area contributed by atoms with E-state index < -0.39 is 6.04 Å². The summed E-state index contributed by atoms with van der Waals surface area (Å²) in [5.74, 6) is 0.911. The number of carbonyl (C=O) groups excluding carboxylic acids is 2. The number of hydrogen-bond acceptors (Lipinski definition) is 4. The Labute approximate surface area is 128 Å². The Morgan fingerprint density at radius 2 is 1.73 bits per heavy atom. The van der Waals surface area contributed by atoms with Crippen molar-refractivity contribution in [3.63, 3.8) is 0 Å². The highest BCUT2D eigenvalue weighted by Gasteiger charge is 2.39. The van der Waals surface area contributed by atoms with Gasteiger partial charge in [0.25, 0.3) is 11.8 Å². The summed E-state index contributed by atoms with van der Waals surface area (Å²) in [5, 5.41) is 7.05. The van der Waals surface area contributed by atoms with Crippen LogP contribution >= 0.6 is 0 Å². The summed E-state index contributed by atoms with van der Waals surface area (Å²) in [6.07, 6.45) is 0.929. The molecule has 114 valence electrons. The Morgan fingerprint density at radius 3 is 2.27 bits per heavy atom. The fourth-order valence-electron chi connectivity index (χ4n) is 2.56. The molecule has 22 heavy (non-hydrogen) atoms. The van der Waals surface area contributed by atoms with Crippen LogP contribution in [0.25, 0.3) is 0 Å². The molecule has 6 heteroatoms. The van der Waals surface area contributed by atoms with E-state index >= 15 is 0 Å². The Morgan fingerprint density at radius 1 is 1.14 bits per heavy atom. The summed E-state index contributed by atoms with van der Waals surface area (Å²) >= 11 is 0. The molecule has 1 aromatic heterocycles. The van der Waals surface area contributed by atoms with Gasteiger partial charge in [0, 0.05) is 5.92 Å². The van der Waals surface area contributed by atoms with E-state index in [0.29, 0.717) is 22.8 Å². The number of carbonyl (C=O) groups is 2. The lowest BCUT2D eigenvalue weighted by atomic mass is 10.1. The first-order chi connectivity index (χ1) is 10.5. The van der Waals surface area contributed by atoms with Crippen LogP contribution in [0.2, 0.25) is 0 Å². The zero-order chi connectivity index (χ0) is 15.9. The molecule has 1 aliphatic heterocycles. The van der Waals surface area contributed by atoms with Crippen LogP contribution in [0.15, 0.2) is 24.3 Å². The van der Waals surface area contributed by atoms with E-state index in [1.165, 1.54) is 4.90 Å². The van der Waals surface area contributed by atoms with Crippen LogP contribution in [0.1, 0.15) is 71.5 Å². The van der Waals surface area contributed by atoms with E-state index in [9.17, 15) is 9.59 Å². The number of benzene rings is 1. The third kappa shape index (κ3) is 2.11. The van der Waals surface area contributed by atoms with Gasteiger partial charge >= 0.3 is 0 Å². The average Bonchev–Trinajstić information content (AvgIpc) is 3.12. The SMILES string of the molecule is CCC(C)c1n[nH]c(C(C)N2C(=O)c3ccccc3C2=O)n1. The lowest BCUT2D eigenvalue weighted by Gasteiger charge is -2.20. The Kier molecular flexibility index (Phi) is 3.52. The topological polar surface area (TPSA) is 79.0 Å². The first-order valence-electron chi connectivity index (χ1n) is 7.43. The number of imide groups is 1. The van der Waals surface area contributed by atoms with Crippen LogP contribution < -0.4 is 0 Å². The van der Waals surface area contributed by atoms with Crippen LogP contribution in [0.5, 0.6) is 0 Å². The summed E-state index contributed by atoms with van der Waals surface area (Å²) in [6, 6.07) is 6.39. The van der Waals surface area contributed by atoms with E-state index in [1.54, 1.807) is 31.2 Å². The number of hydrogen-bond donors (Lipinski definition) is 1. The van der Waals surface area contributed by atoms with Crippen molar-refractivity contribution in [2.75, 3.05) is 0 Å². The van der Waals surface area contributed by atoms with Gasteiger partial charge in [-0.15, -0.1) is 0 Å². The highest BCUT2D eigenvalue weighted by Crippen LogP contribution is 2.30. The Hall–Kier alpha value is -2.50. The first-order valence-corrected chi connectivity index (χ1v) is 7.43. The van der Waals surface area contributed by atoms with Gasteiger partial charge in [0.2, 0.25) is 0 Å². The van der Waals surface area contributed by atoms with Gasteiger partial charge in [-0.05, 0) is 25.5 Å². The maximum absolute atomic E-state index is 12.5. The largest absolute Gasteiger partial charge is 0.269 e. The molecule has 2 atom stereocenters. The summed E-state index contributed by atoms with van der Waals surface area (Å²) in [7, 11) is 0. The van der Waals surface area contributed by atoms with Crippen LogP contribution in [0.4, 0.5) is 0 Å².